The molecule has 0 unspecified atom stereocenters. The molecule has 5 nitrogen and oxygen atoms in total. The number of nitrogens with one attached hydrogen (secondary N) is 1. The number of methoxy groups -OCH3 is 1. The Bertz CT molecular complexity index is 466. The molecule has 5 heteroatoms. The van der Waals surface area contributed by atoms with Gasteiger partial charge in [-0.05, 0) is 38.5 Å². The van der Waals surface area contributed by atoms with E-state index >= 15 is 0 Å². The number of ether oxygens (including phenoxy) is 2. The summed E-state index contributed by atoms with van der Waals surface area (Å²) in [6.07, 6.45) is 4.49. The molecular formula is C13H17NO4. The zero-order valence-corrected chi connectivity index (χ0v) is 10.9. The third-order valence-corrected chi connectivity index (χ3v) is 1.93. The topological polar surface area (TPSA) is 68.4 Å². The second-order valence-electron chi connectivity index (χ2n) is 4.71. The number of H-pyrrole nitrogens is 1. The van der Waals surface area contributed by atoms with Crippen molar-refractivity contribution < 1.29 is 19.1 Å². The second kappa shape index (κ2) is 5.53. The Hall–Kier alpha value is -2.04. The highest BCUT2D eigenvalue weighted by Gasteiger charge is 2.14. The van der Waals surface area contributed by atoms with E-state index in [1.807, 2.05) is 0 Å². The van der Waals surface area contributed by atoms with Crippen molar-refractivity contribution >= 4 is 18.0 Å². The van der Waals surface area contributed by atoms with E-state index < -0.39 is 17.5 Å². The molecule has 0 atom stereocenters. The first-order chi connectivity index (χ1) is 8.31. The van der Waals surface area contributed by atoms with Crippen LogP contribution in [0, 0.1) is 0 Å². The van der Waals surface area contributed by atoms with Gasteiger partial charge < -0.3 is 14.5 Å². The molecule has 1 heterocycles. The summed E-state index contributed by atoms with van der Waals surface area (Å²) in [6, 6.07) is 1.59. The maximum absolute atomic E-state index is 11.4. The molecule has 0 aromatic carbocycles. The predicted molar refractivity (Wildman–Crippen MR) is 67.0 cm³/mol. The molecule has 0 saturated heterocycles. The van der Waals surface area contributed by atoms with Gasteiger partial charge in [0.05, 0.1) is 7.11 Å². The Labute approximate surface area is 106 Å². The van der Waals surface area contributed by atoms with E-state index in [4.69, 9.17) is 4.74 Å². The third-order valence-electron chi connectivity index (χ3n) is 1.93. The number of esters is 2. The van der Waals surface area contributed by atoms with Gasteiger partial charge in [0.25, 0.3) is 0 Å². The standard InChI is InChI=1S/C13H17NO4/c1-13(2,3)18-11(15)6-5-9-7-10(14-8-9)12(16)17-4/h5-8,14H,1-4H3/b6-5+. The van der Waals surface area contributed by atoms with Crippen LogP contribution in [0.4, 0.5) is 0 Å². The molecule has 18 heavy (non-hydrogen) atoms. The van der Waals surface area contributed by atoms with E-state index in [0.29, 0.717) is 11.3 Å². The molecule has 0 saturated carbocycles. The fraction of sp³-hybridized carbons (Fsp3) is 0.385. The van der Waals surface area contributed by atoms with Crippen molar-refractivity contribution in [1.29, 1.82) is 0 Å². The van der Waals surface area contributed by atoms with Crippen molar-refractivity contribution in [2.75, 3.05) is 7.11 Å². The van der Waals surface area contributed by atoms with E-state index in [9.17, 15) is 9.59 Å². The number of aromatic amines is 1. The van der Waals surface area contributed by atoms with E-state index in [2.05, 4.69) is 9.72 Å². The third kappa shape index (κ3) is 4.45. The highest BCUT2D eigenvalue weighted by atomic mass is 16.6. The molecule has 0 aliphatic carbocycles. The van der Waals surface area contributed by atoms with E-state index in [1.165, 1.54) is 13.2 Å². The van der Waals surface area contributed by atoms with Crippen LogP contribution in [0.2, 0.25) is 0 Å². The van der Waals surface area contributed by atoms with Gasteiger partial charge in [-0.25, -0.2) is 9.59 Å². The first kappa shape index (κ1) is 14.0. The van der Waals surface area contributed by atoms with Crippen LogP contribution in [0.25, 0.3) is 6.08 Å². The average Bonchev–Trinajstić information content (AvgIpc) is 2.71. The first-order valence-corrected chi connectivity index (χ1v) is 5.49. The quantitative estimate of drug-likeness (QED) is 0.660. The van der Waals surface area contributed by atoms with Crippen LogP contribution in [0.3, 0.4) is 0 Å². The fourth-order valence-electron chi connectivity index (χ4n) is 1.24. The van der Waals surface area contributed by atoms with Gasteiger partial charge in [0.1, 0.15) is 11.3 Å². The molecule has 0 bridgehead atoms. The van der Waals surface area contributed by atoms with Gasteiger partial charge in [0, 0.05) is 12.3 Å². The molecule has 0 radical (unpaired) electrons. The Morgan fingerprint density at radius 1 is 1.33 bits per heavy atom. The number of aromatic nitrogens is 1. The SMILES string of the molecule is COC(=O)c1cc(/C=C/C(=O)OC(C)(C)C)c[nH]1. The van der Waals surface area contributed by atoms with Crippen LogP contribution in [0.1, 0.15) is 36.8 Å². The number of rotatable bonds is 3. The van der Waals surface area contributed by atoms with Crippen LogP contribution < -0.4 is 0 Å². The maximum Gasteiger partial charge on any atom is 0.354 e. The van der Waals surface area contributed by atoms with Crippen LogP contribution in [0.15, 0.2) is 18.3 Å². The Kier molecular flexibility index (Phi) is 4.31. The highest BCUT2D eigenvalue weighted by molar-refractivity contribution is 5.90. The largest absolute Gasteiger partial charge is 0.464 e. The van der Waals surface area contributed by atoms with Gasteiger partial charge in [-0.2, -0.15) is 0 Å². The molecule has 1 aromatic rings. The Balaban J connectivity index is 2.65. The van der Waals surface area contributed by atoms with Crippen molar-refractivity contribution in [2.24, 2.45) is 0 Å². The summed E-state index contributed by atoms with van der Waals surface area (Å²) in [5, 5.41) is 0. The highest BCUT2D eigenvalue weighted by Crippen LogP contribution is 2.10. The number of carbonyl (C=O) groups excluding carboxylic acids is 2. The zero-order valence-electron chi connectivity index (χ0n) is 10.9. The van der Waals surface area contributed by atoms with Crippen molar-refractivity contribution in [3.63, 3.8) is 0 Å². The van der Waals surface area contributed by atoms with E-state index in [1.54, 1.807) is 39.1 Å². The second-order valence-corrected chi connectivity index (χ2v) is 4.71. The first-order valence-electron chi connectivity index (χ1n) is 5.49. The van der Waals surface area contributed by atoms with Crippen molar-refractivity contribution in [3.05, 3.63) is 29.6 Å². The normalized spacial score (nSPS) is 11.6. The lowest BCUT2D eigenvalue weighted by atomic mass is 10.2. The summed E-state index contributed by atoms with van der Waals surface area (Å²) >= 11 is 0. The minimum Gasteiger partial charge on any atom is -0.464 e. The van der Waals surface area contributed by atoms with Crippen LogP contribution in [0.5, 0.6) is 0 Å². The van der Waals surface area contributed by atoms with Gasteiger partial charge in [-0.1, -0.05) is 0 Å². The monoisotopic (exact) mass is 251 g/mol. The molecule has 0 spiro atoms. The van der Waals surface area contributed by atoms with Crippen molar-refractivity contribution in [1.82, 2.24) is 4.98 Å². The van der Waals surface area contributed by atoms with Gasteiger partial charge >= 0.3 is 11.9 Å². The van der Waals surface area contributed by atoms with Gasteiger partial charge in [0.15, 0.2) is 0 Å². The fourth-order valence-corrected chi connectivity index (χ4v) is 1.24. The summed E-state index contributed by atoms with van der Waals surface area (Å²) in [6.45, 7) is 5.39. The van der Waals surface area contributed by atoms with Crippen LogP contribution in [-0.4, -0.2) is 29.6 Å². The lowest BCUT2D eigenvalue weighted by molar-refractivity contribution is -0.148. The van der Waals surface area contributed by atoms with E-state index in [0.717, 1.165) is 0 Å². The molecule has 0 fully saturated rings. The minimum absolute atomic E-state index is 0.335. The summed E-state index contributed by atoms with van der Waals surface area (Å²) in [4.78, 5) is 25.4. The number of hydrogen-bond acceptors (Lipinski definition) is 4. The van der Waals surface area contributed by atoms with Crippen LogP contribution in [-0.2, 0) is 14.3 Å². The van der Waals surface area contributed by atoms with Crippen LogP contribution >= 0.6 is 0 Å². The molecular weight excluding hydrogens is 234 g/mol. The van der Waals surface area contributed by atoms with Crippen molar-refractivity contribution in [2.45, 2.75) is 26.4 Å². The lowest BCUT2D eigenvalue weighted by Crippen LogP contribution is -2.22. The molecule has 1 aromatic heterocycles. The number of hydrogen-bond donors (Lipinski definition) is 1. The maximum atomic E-state index is 11.4. The molecule has 0 aliphatic heterocycles. The van der Waals surface area contributed by atoms with Crippen molar-refractivity contribution in [3.8, 4) is 0 Å². The Morgan fingerprint density at radius 2 is 2.00 bits per heavy atom. The van der Waals surface area contributed by atoms with Gasteiger partial charge in [0.2, 0.25) is 0 Å². The molecule has 98 valence electrons. The Morgan fingerprint density at radius 3 is 2.56 bits per heavy atom. The zero-order chi connectivity index (χ0) is 13.8. The molecule has 0 aliphatic rings. The lowest BCUT2D eigenvalue weighted by Gasteiger charge is -2.17. The number of carbonyl (C=O) groups is 2. The van der Waals surface area contributed by atoms with E-state index in [-0.39, 0.29) is 0 Å². The summed E-state index contributed by atoms with van der Waals surface area (Å²) in [5.41, 5.74) is 0.513. The summed E-state index contributed by atoms with van der Waals surface area (Å²) in [5.74, 6) is -0.879. The summed E-state index contributed by atoms with van der Waals surface area (Å²) < 4.78 is 9.66. The molecule has 0 amide bonds. The molecule has 1 rings (SSSR count). The predicted octanol–water partition coefficient (Wildman–Crippen LogP) is 2.16. The summed E-state index contributed by atoms with van der Waals surface area (Å²) in [7, 11) is 1.30. The van der Waals surface area contributed by atoms with Gasteiger partial charge in [-0.3, -0.25) is 0 Å². The average molecular weight is 251 g/mol. The minimum atomic E-state index is -0.517. The molecule has 1 N–H and O–H groups in total. The smallest absolute Gasteiger partial charge is 0.354 e. The van der Waals surface area contributed by atoms with Gasteiger partial charge in [-0.15, -0.1) is 0 Å².